The zero-order valence-corrected chi connectivity index (χ0v) is 14.7. The van der Waals surface area contributed by atoms with Gasteiger partial charge in [-0.3, -0.25) is 14.4 Å². The molecule has 7 nitrogen and oxygen atoms in total. The first-order valence-corrected chi connectivity index (χ1v) is 8.12. The van der Waals surface area contributed by atoms with Crippen LogP contribution in [0.1, 0.15) is 16.8 Å². The van der Waals surface area contributed by atoms with Crippen molar-refractivity contribution in [1.82, 2.24) is 5.32 Å². The largest absolute Gasteiger partial charge is 0.496 e. The Kier molecular flexibility index (Phi) is 7.30. The average molecular weight is 374 g/mol. The fourth-order valence-electron chi connectivity index (χ4n) is 2.19. The number of rotatable bonds is 8. The molecule has 0 radical (unpaired) electrons. The molecule has 2 aromatic carbocycles. The molecule has 0 unspecified atom stereocenters. The van der Waals surface area contributed by atoms with Gasteiger partial charge >= 0.3 is 5.97 Å². The molecule has 2 amide bonds. The quantitative estimate of drug-likeness (QED) is 0.691. The van der Waals surface area contributed by atoms with Crippen LogP contribution in [0.2, 0.25) is 0 Å². The number of methoxy groups -OCH3 is 1. The van der Waals surface area contributed by atoms with Crippen LogP contribution in [-0.4, -0.2) is 38.0 Å². The lowest BCUT2D eigenvalue weighted by atomic mass is 10.2. The minimum Gasteiger partial charge on any atom is -0.496 e. The van der Waals surface area contributed by atoms with E-state index in [9.17, 15) is 18.8 Å². The number of hydrogen-bond acceptors (Lipinski definition) is 5. The van der Waals surface area contributed by atoms with Crippen molar-refractivity contribution < 1.29 is 28.2 Å². The third kappa shape index (κ3) is 6.43. The number of anilines is 1. The number of carbonyl (C=O) groups is 3. The van der Waals surface area contributed by atoms with Gasteiger partial charge in [0, 0.05) is 12.2 Å². The monoisotopic (exact) mass is 374 g/mol. The van der Waals surface area contributed by atoms with E-state index >= 15 is 0 Å². The second-order valence-corrected chi connectivity index (χ2v) is 5.43. The van der Waals surface area contributed by atoms with Crippen LogP contribution in [0.25, 0.3) is 0 Å². The molecule has 2 N–H and O–H groups in total. The van der Waals surface area contributed by atoms with Crippen molar-refractivity contribution in [2.45, 2.75) is 6.42 Å². The highest BCUT2D eigenvalue weighted by molar-refractivity contribution is 5.97. The fraction of sp³-hybridized carbons (Fsp3) is 0.211. The van der Waals surface area contributed by atoms with Crippen molar-refractivity contribution in [2.24, 2.45) is 0 Å². The minimum atomic E-state index is -0.648. The molecule has 0 bridgehead atoms. The average Bonchev–Trinajstić information content (AvgIpc) is 2.66. The predicted molar refractivity (Wildman–Crippen MR) is 95.9 cm³/mol. The van der Waals surface area contributed by atoms with Crippen LogP contribution in [0, 0.1) is 5.82 Å². The van der Waals surface area contributed by atoms with Crippen molar-refractivity contribution in [3.63, 3.8) is 0 Å². The van der Waals surface area contributed by atoms with Gasteiger partial charge in [0.15, 0.2) is 6.61 Å². The number of hydrogen-bond donors (Lipinski definition) is 2. The Balaban J connectivity index is 1.70. The van der Waals surface area contributed by atoms with Crippen molar-refractivity contribution in [2.75, 3.05) is 25.6 Å². The van der Waals surface area contributed by atoms with Gasteiger partial charge in [-0.05, 0) is 30.3 Å². The maximum Gasteiger partial charge on any atom is 0.308 e. The Bertz CT molecular complexity index is 825. The van der Waals surface area contributed by atoms with Gasteiger partial charge < -0.3 is 20.1 Å². The molecule has 27 heavy (non-hydrogen) atoms. The van der Waals surface area contributed by atoms with Crippen molar-refractivity contribution in [1.29, 1.82) is 0 Å². The van der Waals surface area contributed by atoms with Crippen LogP contribution < -0.4 is 15.4 Å². The zero-order valence-electron chi connectivity index (χ0n) is 14.7. The lowest BCUT2D eigenvalue weighted by Crippen LogP contribution is -2.28. The summed E-state index contributed by atoms with van der Waals surface area (Å²) in [4.78, 5) is 35.4. The highest BCUT2D eigenvalue weighted by Gasteiger charge is 2.12. The maximum absolute atomic E-state index is 13.0. The smallest absolute Gasteiger partial charge is 0.308 e. The third-order valence-corrected chi connectivity index (χ3v) is 3.44. The molecule has 0 aliphatic carbocycles. The SMILES string of the molecule is COc1ccccc1C(=O)NCCC(=O)OCC(=O)Nc1cccc(F)c1. The van der Waals surface area contributed by atoms with E-state index in [2.05, 4.69) is 10.6 Å². The molecular formula is C19H19FN2O5. The van der Waals surface area contributed by atoms with E-state index in [0.29, 0.717) is 11.3 Å². The Morgan fingerprint density at radius 2 is 1.85 bits per heavy atom. The van der Waals surface area contributed by atoms with E-state index in [0.717, 1.165) is 6.07 Å². The summed E-state index contributed by atoms with van der Waals surface area (Å²) in [5.74, 6) is -1.69. The van der Waals surface area contributed by atoms with Gasteiger partial charge in [-0.25, -0.2) is 4.39 Å². The number of esters is 1. The molecular weight excluding hydrogens is 355 g/mol. The molecule has 142 valence electrons. The standard InChI is InChI=1S/C19H19FN2O5/c1-26-16-8-3-2-7-15(16)19(25)21-10-9-18(24)27-12-17(23)22-14-6-4-5-13(20)11-14/h2-8,11H,9-10,12H2,1H3,(H,21,25)(H,22,23). The van der Waals surface area contributed by atoms with Crippen LogP contribution in [0.5, 0.6) is 5.75 Å². The van der Waals surface area contributed by atoms with E-state index in [1.807, 2.05) is 0 Å². The number of amides is 2. The first-order chi connectivity index (χ1) is 13.0. The summed E-state index contributed by atoms with van der Waals surface area (Å²) in [6.07, 6.45) is -0.103. The second-order valence-electron chi connectivity index (χ2n) is 5.43. The van der Waals surface area contributed by atoms with E-state index < -0.39 is 24.3 Å². The molecule has 0 aliphatic heterocycles. The van der Waals surface area contributed by atoms with Gasteiger partial charge in [-0.2, -0.15) is 0 Å². The van der Waals surface area contributed by atoms with Gasteiger partial charge in [-0.15, -0.1) is 0 Å². The maximum atomic E-state index is 13.0. The normalized spacial score (nSPS) is 10.0. The first kappa shape index (κ1) is 19.9. The van der Waals surface area contributed by atoms with Gasteiger partial charge in [0.05, 0.1) is 19.1 Å². The Morgan fingerprint density at radius 3 is 2.59 bits per heavy atom. The summed E-state index contributed by atoms with van der Waals surface area (Å²) in [5.41, 5.74) is 0.614. The number of halogens is 1. The molecule has 0 heterocycles. The number of para-hydroxylation sites is 1. The van der Waals surface area contributed by atoms with Crippen LogP contribution in [0.15, 0.2) is 48.5 Å². The lowest BCUT2D eigenvalue weighted by Gasteiger charge is -2.09. The van der Waals surface area contributed by atoms with E-state index in [1.54, 1.807) is 24.3 Å². The van der Waals surface area contributed by atoms with Crippen LogP contribution in [0.4, 0.5) is 10.1 Å². The molecule has 0 aromatic heterocycles. The molecule has 0 aliphatic rings. The predicted octanol–water partition coefficient (Wildman–Crippen LogP) is 2.14. The molecule has 0 saturated heterocycles. The summed E-state index contributed by atoms with van der Waals surface area (Å²) in [5, 5.41) is 4.98. The van der Waals surface area contributed by atoms with Crippen LogP contribution in [-0.2, 0) is 14.3 Å². The molecule has 2 aromatic rings. The number of nitrogens with one attached hydrogen (secondary N) is 2. The van der Waals surface area contributed by atoms with Crippen molar-refractivity contribution in [3.8, 4) is 5.75 Å². The number of benzene rings is 2. The first-order valence-electron chi connectivity index (χ1n) is 8.12. The Labute approximate surface area is 155 Å². The van der Waals surface area contributed by atoms with E-state index in [-0.39, 0.29) is 24.6 Å². The summed E-state index contributed by atoms with van der Waals surface area (Å²) >= 11 is 0. The van der Waals surface area contributed by atoms with Gasteiger partial charge in [-0.1, -0.05) is 18.2 Å². The minimum absolute atomic E-state index is 0.0429. The lowest BCUT2D eigenvalue weighted by molar-refractivity contribution is -0.147. The Morgan fingerprint density at radius 1 is 1.07 bits per heavy atom. The van der Waals surface area contributed by atoms with Gasteiger partial charge in [0.1, 0.15) is 11.6 Å². The third-order valence-electron chi connectivity index (χ3n) is 3.44. The van der Waals surface area contributed by atoms with Crippen molar-refractivity contribution >= 4 is 23.5 Å². The summed E-state index contributed by atoms with van der Waals surface area (Å²) in [6.45, 7) is -0.461. The molecule has 0 fully saturated rings. The Hall–Kier alpha value is -3.42. The summed E-state index contributed by atoms with van der Waals surface area (Å²) in [7, 11) is 1.46. The van der Waals surface area contributed by atoms with Crippen LogP contribution >= 0.6 is 0 Å². The molecule has 2 rings (SSSR count). The van der Waals surface area contributed by atoms with Gasteiger partial charge in [0.25, 0.3) is 11.8 Å². The zero-order chi connectivity index (χ0) is 19.6. The van der Waals surface area contributed by atoms with Gasteiger partial charge in [0.2, 0.25) is 0 Å². The molecule has 0 atom stereocenters. The molecule has 0 spiro atoms. The fourth-order valence-corrected chi connectivity index (χ4v) is 2.19. The summed E-state index contributed by atoms with van der Waals surface area (Å²) in [6, 6.07) is 12.0. The molecule has 0 saturated carbocycles. The van der Waals surface area contributed by atoms with E-state index in [1.165, 1.54) is 25.3 Å². The number of ether oxygens (including phenoxy) is 2. The number of carbonyl (C=O) groups excluding carboxylic acids is 3. The highest BCUT2D eigenvalue weighted by Crippen LogP contribution is 2.16. The van der Waals surface area contributed by atoms with Crippen LogP contribution in [0.3, 0.4) is 0 Å². The van der Waals surface area contributed by atoms with E-state index in [4.69, 9.17) is 9.47 Å². The molecule has 8 heteroatoms. The van der Waals surface area contributed by atoms with Crippen molar-refractivity contribution in [3.05, 3.63) is 59.9 Å². The topological polar surface area (TPSA) is 93.7 Å². The summed E-state index contributed by atoms with van der Waals surface area (Å²) < 4.78 is 22.9. The second kappa shape index (κ2) is 9.91. The highest BCUT2D eigenvalue weighted by atomic mass is 19.1.